The summed E-state index contributed by atoms with van der Waals surface area (Å²) in [7, 11) is 0. The molecular weight excluding hydrogens is 320 g/mol. The van der Waals surface area contributed by atoms with Crippen molar-refractivity contribution in [2.75, 3.05) is 0 Å². The molecular formula is C20H28O5. The van der Waals surface area contributed by atoms with Crippen LogP contribution in [-0.4, -0.2) is 34.9 Å². The van der Waals surface area contributed by atoms with Crippen LogP contribution in [-0.2, 0) is 19.1 Å². The van der Waals surface area contributed by atoms with E-state index in [0.29, 0.717) is 12.8 Å². The highest BCUT2D eigenvalue weighted by Gasteiger charge is 2.57. The number of carbonyl (C=O) groups is 2. The maximum absolute atomic E-state index is 12.3. The fourth-order valence-corrected chi connectivity index (χ4v) is 4.51. The number of allylic oxidation sites excluding steroid dienone is 1. The zero-order valence-corrected chi connectivity index (χ0v) is 15.6. The van der Waals surface area contributed by atoms with Crippen LogP contribution in [0.4, 0.5) is 0 Å². The highest BCUT2D eigenvalue weighted by Crippen LogP contribution is 2.50. The Bertz CT molecular complexity index is 642. The van der Waals surface area contributed by atoms with Crippen molar-refractivity contribution in [3.63, 3.8) is 0 Å². The summed E-state index contributed by atoms with van der Waals surface area (Å²) in [5.74, 6) is -1.20. The molecule has 0 aromatic heterocycles. The van der Waals surface area contributed by atoms with Gasteiger partial charge >= 0.3 is 11.9 Å². The topological polar surface area (TPSA) is 72.8 Å². The Hall–Kier alpha value is -1.62. The minimum absolute atomic E-state index is 0.218. The molecule has 5 heteroatoms. The summed E-state index contributed by atoms with van der Waals surface area (Å²) in [5, 5.41) is 10.8. The van der Waals surface area contributed by atoms with E-state index in [1.54, 1.807) is 13.0 Å². The number of hydrogen-bond acceptors (Lipinski definition) is 5. The minimum atomic E-state index is -1.07. The molecule has 2 aliphatic carbocycles. The lowest BCUT2D eigenvalue weighted by molar-refractivity contribution is -0.155. The minimum Gasteiger partial charge on any atom is -0.462 e. The van der Waals surface area contributed by atoms with Gasteiger partial charge in [-0.25, -0.2) is 0 Å². The van der Waals surface area contributed by atoms with Crippen LogP contribution >= 0.6 is 0 Å². The zero-order valence-electron chi connectivity index (χ0n) is 15.6. The number of ether oxygens (including phenoxy) is 2. The van der Waals surface area contributed by atoms with E-state index in [1.165, 1.54) is 0 Å². The zero-order chi connectivity index (χ0) is 18.5. The third kappa shape index (κ3) is 3.14. The molecule has 0 aromatic carbocycles. The van der Waals surface area contributed by atoms with E-state index < -0.39 is 17.8 Å². The van der Waals surface area contributed by atoms with Gasteiger partial charge in [-0.05, 0) is 25.3 Å². The van der Waals surface area contributed by atoms with Gasteiger partial charge in [0.15, 0.2) is 0 Å². The van der Waals surface area contributed by atoms with E-state index in [4.69, 9.17) is 9.47 Å². The SMILES string of the molecule is CC1=C2C=CC(C)(O)C2C2OC(=O)C(C)C2C(OC(=O)CC(C)C)C1. The summed E-state index contributed by atoms with van der Waals surface area (Å²) in [6.45, 7) is 9.52. The van der Waals surface area contributed by atoms with Gasteiger partial charge in [-0.2, -0.15) is 0 Å². The molecule has 0 spiro atoms. The van der Waals surface area contributed by atoms with Crippen LogP contribution in [0, 0.1) is 23.7 Å². The molecule has 6 atom stereocenters. The normalized spacial score (nSPS) is 40.0. The number of aliphatic hydroxyl groups is 1. The molecule has 0 bridgehead atoms. The largest absolute Gasteiger partial charge is 0.462 e. The van der Waals surface area contributed by atoms with Crippen LogP contribution in [0.3, 0.4) is 0 Å². The lowest BCUT2D eigenvalue weighted by atomic mass is 9.76. The fourth-order valence-electron chi connectivity index (χ4n) is 4.51. The van der Waals surface area contributed by atoms with Crippen LogP contribution in [0.5, 0.6) is 0 Å². The Labute approximate surface area is 149 Å². The van der Waals surface area contributed by atoms with E-state index in [1.807, 2.05) is 33.8 Å². The van der Waals surface area contributed by atoms with Crippen molar-refractivity contribution in [2.24, 2.45) is 23.7 Å². The number of rotatable bonds is 3. The highest BCUT2D eigenvalue weighted by atomic mass is 16.6. The first-order chi connectivity index (χ1) is 11.6. The van der Waals surface area contributed by atoms with Gasteiger partial charge in [0, 0.05) is 18.8 Å². The van der Waals surface area contributed by atoms with Crippen LogP contribution in [0.25, 0.3) is 0 Å². The molecule has 0 saturated carbocycles. The molecule has 0 aromatic rings. The summed E-state index contributed by atoms with van der Waals surface area (Å²) in [6.07, 6.45) is 3.74. The van der Waals surface area contributed by atoms with E-state index in [0.717, 1.165) is 11.1 Å². The second-order valence-corrected chi connectivity index (χ2v) is 8.37. The van der Waals surface area contributed by atoms with Crippen molar-refractivity contribution < 1.29 is 24.2 Å². The third-order valence-electron chi connectivity index (χ3n) is 5.76. The number of esters is 2. The van der Waals surface area contributed by atoms with Gasteiger partial charge in [0.1, 0.15) is 12.2 Å². The van der Waals surface area contributed by atoms with E-state index in [-0.39, 0.29) is 35.6 Å². The first-order valence-corrected chi connectivity index (χ1v) is 9.13. The number of carbonyl (C=O) groups excluding carboxylic acids is 2. The Kier molecular flexibility index (Phi) is 4.56. The molecule has 25 heavy (non-hydrogen) atoms. The van der Waals surface area contributed by atoms with Gasteiger partial charge < -0.3 is 14.6 Å². The summed E-state index contributed by atoms with van der Waals surface area (Å²) < 4.78 is 11.5. The average molecular weight is 348 g/mol. The van der Waals surface area contributed by atoms with Crippen molar-refractivity contribution in [1.29, 1.82) is 0 Å². The van der Waals surface area contributed by atoms with Crippen molar-refractivity contribution in [1.82, 2.24) is 0 Å². The van der Waals surface area contributed by atoms with Crippen LogP contribution in [0.15, 0.2) is 23.3 Å². The predicted octanol–water partition coefficient (Wildman–Crippen LogP) is 2.78. The van der Waals surface area contributed by atoms with Gasteiger partial charge in [-0.15, -0.1) is 0 Å². The van der Waals surface area contributed by atoms with Crippen molar-refractivity contribution >= 4 is 11.9 Å². The quantitative estimate of drug-likeness (QED) is 0.794. The molecule has 1 fully saturated rings. The average Bonchev–Trinajstić information content (AvgIpc) is 2.89. The van der Waals surface area contributed by atoms with Crippen molar-refractivity contribution in [3.8, 4) is 0 Å². The van der Waals surface area contributed by atoms with Crippen molar-refractivity contribution in [3.05, 3.63) is 23.3 Å². The standard InChI is InChI=1S/C20H28O5/c1-10(2)8-15(21)24-14-9-11(3)13-6-7-20(5,23)17(13)18-16(14)12(4)19(22)25-18/h6-7,10,12,14,16-18,23H,8-9H2,1-5H3. The molecule has 0 radical (unpaired) electrons. The number of fused-ring (bicyclic) bond motifs is 3. The Morgan fingerprint density at radius 1 is 1.48 bits per heavy atom. The summed E-state index contributed by atoms with van der Waals surface area (Å²) in [5.41, 5.74) is 1.02. The molecule has 3 aliphatic rings. The van der Waals surface area contributed by atoms with Crippen LogP contribution < -0.4 is 0 Å². The molecule has 1 heterocycles. The molecule has 0 amide bonds. The number of hydrogen-bond donors (Lipinski definition) is 1. The summed E-state index contributed by atoms with van der Waals surface area (Å²) in [4.78, 5) is 24.5. The molecule has 138 valence electrons. The monoisotopic (exact) mass is 348 g/mol. The van der Waals surface area contributed by atoms with E-state index in [9.17, 15) is 14.7 Å². The van der Waals surface area contributed by atoms with Gasteiger partial charge in [0.05, 0.1) is 17.4 Å². The fraction of sp³-hybridized carbons (Fsp3) is 0.700. The van der Waals surface area contributed by atoms with Gasteiger partial charge in [-0.3, -0.25) is 9.59 Å². The summed E-state index contributed by atoms with van der Waals surface area (Å²) >= 11 is 0. The molecule has 6 unspecified atom stereocenters. The third-order valence-corrected chi connectivity index (χ3v) is 5.76. The molecule has 1 saturated heterocycles. The maximum Gasteiger partial charge on any atom is 0.309 e. The lowest BCUT2D eigenvalue weighted by Gasteiger charge is -2.34. The predicted molar refractivity (Wildman–Crippen MR) is 92.4 cm³/mol. The smallest absolute Gasteiger partial charge is 0.309 e. The van der Waals surface area contributed by atoms with E-state index >= 15 is 0 Å². The highest BCUT2D eigenvalue weighted by molar-refractivity contribution is 5.76. The van der Waals surface area contributed by atoms with Gasteiger partial charge in [0.2, 0.25) is 0 Å². The lowest BCUT2D eigenvalue weighted by Crippen LogP contribution is -2.44. The molecule has 1 N–H and O–H groups in total. The molecule has 5 nitrogen and oxygen atoms in total. The van der Waals surface area contributed by atoms with Crippen LogP contribution in [0.2, 0.25) is 0 Å². The summed E-state index contributed by atoms with van der Waals surface area (Å²) in [6, 6.07) is 0. The van der Waals surface area contributed by atoms with Gasteiger partial charge in [0.25, 0.3) is 0 Å². The first kappa shape index (κ1) is 18.2. The Morgan fingerprint density at radius 2 is 2.16 bits per heavy atom. The Balaban J connectivity index is 1.96. The van der Waals surface area contributed by atoms with Crippen molar-refractivity contribution in [2.45, 2.75) is 65.3 Å². The first-order valence-electron chi connectivity index (χ1n) is 9.13. The maximum atomic E-state index is 12.3. The van der Waals surface area contributed by atoms with E-state index in [2.05, 4.69) is 0 Å². The van der Waals surface area contributed by atoms with Gasteiger partial charge in [-0.1, -0.05) is 38.5 Å². The Morgan fingerprint density at radius 3 is 2.80 bits per heavy atom. The molecule has 1 aliphatic heterocycles. The second kappa shape index (κ2) is 6.27. The second-order valence-electron chi connectivity index (χ2n) is 8.37. The molecule has 3 rings (SSSR count). The van der Waals surface area contributed by atoms with Crippen LogP contribution in [0.1, 0.15) is 47.5 Å².